The molecule has 264 valence electrons. The molecule has 3 aliphatic heterocycles. The van der Waals surface area contributed by atoms with Gasteiger partial charge in [0.15, 0.2) is 20.1 Å². The number of carbonyl (C=O) groups excluding carboxylic acids is 4. The number of anilines is 2. The number of amides is 3. The van der Waals surface area contributed by atoms with Gasteiger partial charge in [0.05, 0.1) is 37.8 Å². The Labute approximate surface area is 297 Å². The minimum absolute atomic E-state index is 0.0746. The molecule has 0 radical (unpaired) electrons. The van der Waals surface area contributed by atoms with Gasteiger partial charge in [0.2, 0.25) is 11.8 Å². The Morgan fingerprint density at radius 3 is 2.38 bits per heavy atom. The summed E-state index contributed by atoms with van der Waals surface area (Å²) >= 11 is 6.54. The number of carbonyl (C=O) groups is 4. The monoisotopic (exact) mass is 719 g/mol. The molecule has 2 fully saturated rings. The number of benzene rings is 3. The van der Waals surface area contributed by atoms with Crippen molar-refractivity contribution in [2.45, 2.75) is 76.3 Å². The van der Waals surface area contributed by atoms with Crippen LogP contribution in [-0.4, -0.2) is 72.3 Å². The Hall–Kier alpha value is -4.07. The molecule has 2 saturated heterocycles. The molecule has 0 aromatic heterocycles. The molecule has 1 spiro atoms. The zero-order valence-corrected chi connectivity index (χ0v) is 30.3. The summed E-state index contributed by atoms with van der Waals surface area (Å²) in [6.07, 6.45) is -1.37. The molecule has 3 heterocycles. The SMILES string of the molecule is CC(=O)OC1CC(=O)N1c1ccc(CN2C(=O)[C@@]3(O[C@@H](CC(=O)N(CCO)Cc4ccccc4)[C@H]([Si](C)(C)O)[C@H]3C)c3cc(Cl)ccc32)cc1. The van der Waals surface area contributed by atoms with E-state index in [-0.39, 0.29) is 50.3 Å². The summed E-state index contributed by atoms with van der Waals surface area (Å²) in [7, 11) is -3.05. The van der Waals surface area contributed by atoms with Crippen LogP contribution >= 0.6 is 11.6 Å². The van der Waals surface area contributed by atoms with Crippen LogP contribution in [0.3, 0.4) is 0 Å². The highest BCUT2D eigenvalue weighted by Gasteiger charge is 2.66. The number of rotatable bonds is 11. The van der Waals surface area contributed by atoms with Crippen molar-refractivity contribution in [1.29, 1.82) is 0 Å². The van der Waals surface area contributed by atoms with E-state index >= 15 is 0 Å². The molecule has 3 aliphatic rings. The number of fused-ring (bicyclic) bond motifs is 2. The van der Waals surface area contributed by atoms with Crippen LogP contribution in [0.2, 0.25) is 23.7 Å². The maximum Gasteiger partial charge on any atom is 0.304 e. The molecule has 3 aromatic rings. The number of aliphatic hydroxyl groups excluding tert-OH is 1. The van der Waals surface area contributed by atoms with E-state index in [0.29, 0.717) is 28.5 Å². The summed E-state index contributed by atoms with van der Waals surface area (Å²) in [6.45, 7) is 7.21. The highest BCUT2D eigenvalue weighted by atomic mass is 35.5. The lowest BCUT2D eigenvalue weighted by Gasteiger charge is -2.39. The van der Waals surface area contributed by atoms with Gasteiger partial charge in [-0.15, -0.1) is 0 Å². The van der Waals surface area contributed by atoms with Gasteiger partial charge in [0, 0.05) is 47.7 Å². The van der Waals surface area contributed by atoms with E-state index in [1.807, 2.05) is 49.4 Å². The molecule has 50 heavy (non-hydrogen) atoms. The fourth-order valence-corrected chi connectivity index (χ4v) is 10.6. The summed E-state index contributed by atoms with van der Waals surface area (Å²) in [5, 5.41) is 10.2. The molecule has 0 saturated carbocycles. The quantitative estimate of drug-likeness (QED) is 0.165. The Bertz CT molecular complexity index is 1790. The maximum absolute atomic E-state index is 14.8. The number of hydrogen-bond acceptors (Lipinski definition) is 8. The summed E-state index contributed by atoms with van der Waals surface area (Å²) in [4.78, 5) is 68.7. The standard InChI is InChI=1S/C37H42ClN3O8Si/c1-23-35(50(3,4)47)31(19-32(44)39(16-17-42)21-25-8-6-5-7-9-25)49-37(23)29-18-27(38)12-15-30(29)40(36(37)46)22-26-10-13-28(14-11-26)41-33(45)20-34(41)48-24(2)43/h5-15,18,23,31,34-35,42,47H,16-17,19-22H2,1-4H3/t23-,31+,34?,35-,37+/m1/s1. The fourth-order valence-electron chi connectivity index (χ4n) is 7.85. The molecule has 6 rings (SSSR count). The largest absolute Gasteiger partial charge is 0.441 e. The van der Waals surface area contributed by atoms with E-state index in [1.165, 1.54) is 11.8 Å². The second-order valence-electron chi connectivity index (χ2n) is 13.8. The first-order valence-corrected chi connectivity index (χ1v) is 20.2. The Balaban J connectivity index is 1.29. The minimum Gasteiger partial charge on any atom is -0.441 e. The van der Waals surface area contributed by atoms with Gasteiger partial charge in [-0.05, 0) is 54.6 Å². The van der Waals surface area contributed by atoms with Crippen molar-refractivity contribution in [3.05, 3.63) is 94.5 Å². The van der Waals surface area contributed by atoms with Gasteiger partial charge >= 0.3 is 5.97 Å². The van der Waals surface area contributed by atoms with E-state index < -0.39 is 43.7 Å². The first-order chi connectivity index (χ1) is 23.7. The van der Waals surface area contributed by atoms with E-state index in [4.69, 9.17) is 21.1 Å². The predicted octanol–water partition coefficient (Wildman–Crippen LogP) is 4.72. The van der Waals surface area contributed by atoms with E-state index in [2.05, 4.69) is 0 Å². The van der Waals surface area contributed by atoms with Gasteiger partial charge < -0.3 is 29.2 Å². The zero-order valence-electron chi connectivity index (χ0n) is 28.5. The summed E-state index contributed by atoms with van der Waals surface area (Å²) in [5.74, 6) is -1.68. The van der Waals surface area contributed by atoms with Crippen LogP contribution in [0.4, 0.5) is 11.4 Å². The van der Waals surface area contributed by atoms with Crippen molar-refractivity contribution in [3.8, 4) is 0 Å². The van der Waals surface area contributed by atoms with Crippen molar-refractivity contribution >= 4 is 55.0 Å². The van der Waals surface area contributed by atoms with E-state index in [0.717, 1.165) is 11.1 Å². The molecule has 0 bridgehead atoms. The lowest BCUT2D eigenvalue weighted by Crippen LogP contribution is -2.54. The molecular weight excluding hydrogens is 678 g/mol. The maximum atomic E-state index is 14.8. The lowest BCUT2D eigenvalue weighted by atomic mass is 9.82. The van der Waals surface area contributed by atoms with Crippen LogP contribution in [0.15, 0.2) is 72.8 Å². The first kappa shape index (κ1) is 35.7. The third-order valence-corrected chi connectivity index (χ3v) is 12.8. The van der Waals surface area contributed by atoms with Crippen molar-refractivity contribution in [2.75, 3.05) is 23.0 Å². The molecular formula is C37H42ClN3O8Si. The molecule has 11 nitrogen and oxygen atoms in total. The molecule has 13 heteroatoms. The number of ether oxygens (including phenoxy) is 2. The fraction of sp³-hybridized carbons (Fsp3) is 0.405. The molecule has 3 aromatic carbocycles. The number of β-lactam (4-membered cyclic amide) rings is 1. The van der Waals surface area contributed by atoms with Gasteiger partial charge in [-0.1, -0.05) is 61.0 Å². The van der Waals surface area contributed by atoms with Crippen molar-refractivity contribution in [2.24, 2.45) is 5.92 Å². The zero-order chi connectivity index (χ0) is 36.0. The Morgan fingerprint density at radius 2 is 1.76 bits per heavy atom. The number of aliphatic hydroxyl groups is 1. The first-order valence-electron chi connectivity index (χ1n) is 16.8. The van der Waals surface area contributed by atoms with Gasteiger partial charge in [-0.2, -0.15) is 0 Å². The van der Waals surface area contributed by atoms with Crippen LogP contribution in [0, 0.1) is 5.92 Å². The molecule has 5 atom stereocenters. The summed E-state index contributed by atoms with van der Waals surface area (Å²) < 4.78 is 12.1. The Kier molecular flexibility index (Phi) is 9.95. The number of esters is 1. The predicted molar refractivity (Wildman–Crippen MR) is 189 cm³/mol. The molecule has 2 N–H and O–H groups in total. The van der Waals surface area contributed by atoms with Gasteiger partial charge in [-0.25, -0.2) is 0 Å². The molecule has 3 amide bonds. The van der Waals surface area contributed by atoms with Crippen LogP contribution in [-0.2, 0) is 47.3 Å². The lowest BCUT2D eigenvalue weighted by molar-refractivity contribution is -0.154. The summed E-state index contributed by atoms with van der Waals surface area (Å²) in [6, 6.07) is 21.9. The number of hydrogen-bond donors (Lipinski definition) is 2. The van der Waals surface area contributed by atoms with Crippen LogP contribution < -0.4 is 9.80 Å². The van der Waals surface area contributed by atoms with Crippen molar-refractivity contribution < 1.29 is 38.6 Å². The number of halogens is 1. The normalized spacial score (nSPS) is 24.4. The number of nitrogens with zero attached hydrogens (tertiary/aromatic N) is 3. The van der Waals surface area contributed by atoms with E-state index in [1.54, 1.807) is 53.2 Å². The minimum atomic E-state index is -3.05. The van der Waals surface area contributed by atoms with Crippen LogP contribution in [0.5, 0.6) is 0 Å². The van der Waals surface area contributed by atoms with Crippen molar-refractivity contribution in [1.82, 2.24) is 4.90 Å². The van der Waals surface area contributed by atoms with Crippen LogP contribution in [0.1, 0.15) is 43.4 Å². The van der Waals surface area contributed by atoms with Crippen LogP contribution in [0.25, 0.3) is 0 Å². The smallest absolute Gasteiger partial charge is 0.304 e. The second-order valence-corrected chi connectivity index (χ2v) is 18.3. The highest BCUT2D eigenvalue weighted by molar-refractivity contribution is 6.71. The van der Waals surface area contributed by atoms with Crippen molar-refractivity contribution in [3.63, 3.8) is 0 Å². The average Bonchev–Trinajstić information content (AvgIpc) is 3.47. The average molecular weight is 720 g/mol. The third-order valence-electron chi connectivity index (χ3n) is 10.0. The third kappa shape index (κ3) is 6.58. The van der Waals surface area contributed by atoms with Gasteiger partial charge in [-0.3, -0.25) is 24.1 Å². The molecule has 0 aliphatic carbocycles. The Morgan fingerprint density at radius 1 is 1.06 bits per heavy atom. The van der Waals surface area contributed by atoms with E-state index in [9.17, 15) is 29.1 Å². The van der Waals surface area contributed by atoms with Gasteiger partial charge in [0.1, 0.15) is 0 Å². The highest BCUT2D eigenvalue weighted by Crippen LogP contribution is 2.60. The topological polar surface area (TPSA) is 137 Å². The molecule has 1 unspecified atom stereocenters. The van der Waals surface area contributed by atoms with Gasteiger partial charge in [0.25, 0.3) is 5.91 Å². The summed E-state index contributed by atoms with van der Waals surface area (Å²) in [5.41, 5.74) is 1.51. The second kappa shape index (κ2) is 13.9.